The molecule has 0 spiro atoms. The molecule has 164 valence electrons. The number of aromatic nitrogens is 4. The Morgan fingerprint density at radius 1 is 1.28 bits per heavy atom. The van der Waals surface area contributed by atoms with Gasteiger partial charge in [0.15, 0.2) is 5.16 Å². The number of amides is 1. The van der Waals surface area contributed by atoms with E-state index >= 15 is 0 Å². The van der Waals surface area contributed by atoms with E-state index in [1.165, 1.54) is 23.1 Å². The molecule has 0 aliphatic rings. The summed E-state index contributed by atoms with van der Waals surface area (Å²) < 4.78 is 3.31. The highest BCUT2D eigenvalue weighted by atomic mass is 32.2. The second kappa shape index (κ2) is 9.54. The lowest BCUT2D eigenvalue weighted by atomic mass is 10.2. The fourth-order valence-corrected chi connectivity index (χ4v) is 5.16. The Balaban J connectivity index is 1.60. The molecule has 9 heteroatoms. The van der Waals surface area contributed by atoms with Crippen molar-refractivity contribution in [1.82, 2.24) is 19.3 Å². The molecule has 4 aromatic rings. The monoisotopic (exact) mass is 465 g/mol. The Morgan fingerprint density at radius 3 is 2.78 bits per heavy atom. The van der Waals surface area contributed by atoms with Crippen LogP contribution in [-0.4, -0.2) is 31.0 Å². The van der Waals surface area contributed by atoms with Gasteiger partial charge in [0.1, 0.15) is 10.6 Å². The van der Waals surface area contributed by atoms with Gasteiger partial charge >= 0.3 is 0 Å². The first kappa shape index (κ1) is 22.0. The molecule has 0 bridgehead atoms. The minimum Gasteiger partial charge on any atom is -0.310 e. The second-order valence-electron chi connectivity index (χ2n) is 7.39. The van der Waals surface area contributed by atoms with Crippen LogP contribution in [0.5, 0.6) is 0 Å². The van der Waals surface area contributed by atoms with Crippen molar-refractivity contribution in [1.29, 1.82) is 0 Å². The van der Waals surface area contributed by atoms with Crippen molar-refractivity contribution < 1.29 is 4.79 Å². The van der Waals surface area contributed by atoms with Crippen molar-refractivity contribution >= 4 is 45.0 Å². The Hall–Kier alpha value is -3.17. The SMILES string of the molecule is C=CCn1c(SCC(=O)Nc2ccnn2C(C)C)nc2sc(-c3ccccc3)cc2c1=O. The normalized spacial score (nSPS) is 11.2. The van der Waals surface area contributed by atoms with Crippen molar-refractivity contribution in [3.05, 3.63) is 71.7 Å². The van der Waals surface area contributed by atoms with E-state index < -0.39 is 0 Å². The fraction of sp³-hybridized carbons (Fsp3) is 0.217. The molecule has 1 aromatic carbocycles. The molecule has 0 radical (unpaired) electrons. The summed E-state index contributed by atoms with van der Waals surface area (Å²) in [6, 6.07) is 13.7. The summed E-state index contributed by atoms with van der Waals surface area (Å²) in [7, 11) is 0. The molecule has 1 N–H and O–H groups in total. The minimum absolute atomic E-state index is 0.120. The van der Waals surface area contributed by atoms with Crippen LogP contribution < -0.4 is 10.9 Å². The number of carbonyl (C=O) groups is 1. The van der Waals surface area contributed by atoms with E-state index in [9.17, 15) is 9.59 Å². The number of hydrogen-bond acceptors (Lipinski definition) is 6. The predicted molar refractivity (Wildman–Crippen MR) is 131 cm³/mol. The number of anilines is 1. The van der Waals surface area contributed by atoms with Crippen molar-refractivity contribution in [2.75, 3.05) is 11.1 Å². The van der Waals surface area contributed by atoms with E-state index in [-0.39, 0.29) is 23.3 Å². The number of fused-ring (bicyclic) bond motifs is 1. The number of benzene rings is 1. The lowest BCUT2D eigenvalue weighted by Crippen LogP contribution is -2.23. The second-order valence-corrected chi connectivity index (χ2v) is 9.36. The first-order valence-electron chi connectivity index (χ1n) is 10.1. The summed E-state index contributed by atoms with van der Waals surface area (Å²) in [6.45, 7) is 8.07. The van der Waals surface area contributed by atoms with Crippen LogP contribution in [0.1, 0.15) is 19.9 Å². The van der Waals surface area contributed by atoms with Crippen LogP contribution >= 0.6 is 23.1 Å². The molecule has 0 fully saturated rings. The number of rotatable bonds is 8. The molecule has 0 atom stereocenters. The quantitative estimate of drug-likeness (QED) is 0.229. The number of thiophene rings is 1. The Labute approximate surface area is 193 Å². The molecule has 0 saturated carbocycles. The fourth-order valence-electron chi connectivity index (χ4n) is 3.28. The van der Waals surface area contributed by atoms with Gasteiger partial charge in [0.05, 0.1) is 17.3 Å². The van der Waals surface area contributed by atoms with Crippen LogP contribution in [0.25, 0.3) is 20.7 Å². The van der Waals surface area contributed by atoms with Crippen molar-refractivity contribution in [2.45, 2.75) is 31.6 Å². The Morgan fingerprint density at radius 2 is 2.06 bits per heavy atom. The van der Waals surface area contributed by atoms with Crippen molar-refractivity contribution in [3.63, 3.8) is 0 Å². The van der Waals surface area contributed by atoms with E-state index in [1.807, 2.05) is 50.2 Å². The third kappa shape index (κ3) is 4.53. The van der Waals surface area contributed by atoms with Gasteiger partial charge in [0.25, 0.3) is 5.56 Å². The molecule has 4 rings (SSSR count). The van der Waals surface area contributed by atoms with Crippen molar-refractivity contribution in [2.24, 2.45) is 0 Å². The van der Waals surface area contributed by atoms with Crippen LogP contribution in [0.2, 0.25) is 0 Å². The van der Waals surface area contributed by atoms with E-state index in [2.05, 4.69) is 17.0 Å². The first-order valence-corrected chi connectivity index (χ1v) is 11.9. The maximum Gasteiger partial charge on any atom is 0.263 e. The Kier molecular flexibility index (Phi) is 6.57. The van der Waals surface area contributed by atoms with E-state index in [0.29, 0.717) is 27.7 Å². The molecule has 0 saturated heterocycles. The summed E-state index contributed by atoms with van der Waals surface area (Å²) >= 11 is 2.71. The van der Waals surface area contributed by atoms with Gasteiger partial charge < -0.3 is 5.32 Å². The third-order valence-electron chi connectivity index (χ3n) is 4.75. The maximum atomic E-state index is 13.2. The highest BCUT2D eigenvalue weighted by molar-refractivity contribution is 7.99. The van der Waals surface area contributed by atoms with Crippen LogP contribution in [0, 0.1) is 0 Å². The van der Waals surface area contributed by atoms with Gasteiger partial charge in [-0.25, -0.2) is 9.67 Å². The molecule has 3 heterocycles. The summed E-state index contributed by atoms with van der Waals surface area (Å²) in [5.41, 5.74) is 0.912. The van der Waals surface area contributed by atoms with Gasteiger partial charge in [0, 0.05) is 23.5 Å². The van der Waals surface area contributed by atoms with Gasteiger partial charge in [-0.2, -0.15) is 5.10 Å². The molecule has 0 aliphatic carbocycles. The third-order valence-corrected chi connectivity index (χ3v) is 6.80. The van der Waals surface area contributed by atoms with Gasteiger partial charge in [-0.05, 0) is 25.5 Å². The van der Waals surface area contributed by atoms with E-state index in [0.717, 1.165) is 10.4 Å². The van der Waals surface area contributed by atoms with Gasteiger partial charge in [-0.3, -0.25) is 14.2 Å². The molecule has 0 aliphatic heterocycles. The van der Waals surface area contributed by atoms with Crippen LogP contribution in [-0.2, 0) is 11.3 Å². The molecule has 32 heavy (non-hydrogen) atoms. The lowest BCUT2D eigenvalue weighted by Gasteiger charge is -2.12. The average molecular weight is 466 g/mol. The minimum atomic E-state index is -0.187. The molecular formula is C23H23N5O2S2. The molecular weight excluding hydrogens is 442 g/mol. The molecule has 1 amide bonds. The molecule has 3 aromatic heterocycles. The number of thioether (sulfide) groups is 1. The van der Waals surface area contributed by atoms with E-state index in [1.54, 1.807) is 27.6 Å². The maximum absolute atomic E-state index is 13.2. The number of carbonyl (C=O) groups excluding carboxylic acids is 1. The van der Waals surface area contributed by atoms with Gasteiger partial charge in [0.2, 0.25) is 5.91 Å². The zero-order valence-electron chi connectivity index (χ0n) is 17.8. The number of allylic oxidation sites excluding steroid dienone is 1. The topological polar surface area (TPSA) is 81.8 Å². The smallest absolute Gasteiger partial charge is 0.263 e. The van der Waals surface area contributed by atoms with Gasteiger partial charge in [-0.15, -0.1) is 17.9 Å². The summed E-state index contributed by atoms with van der Waals surface area (Å²) in [5, 5.41) is 8.18. The largest absolute Gasteiger partial charge is 0.310 e. The van der Waals surface area contributed by atoms with Crippen LogP contribution in [0.4, 0.5) is 5.82 Å². The molecule has 0 unspecified atom stereocenters. The van der Waals surface area contributed by atoms with E-state index in [4.69, 9.17) is 4.98 Å². The highest BCUT2D eigenvalue weighted by Crippen LogP contribution is 2.32. The first-order chi connectivity index (χ1) is 15.5. The number of nitrogens with one attached hydrogen (secondary N) is 1. The average Bonchev–Trinajstić information content (AvgIpc) is 3.42. The predicted octanol–water partition coefficient (Wildman–Crippen LogP) is 4.82. The zero-order valence-corrected chi connectivity index (χ0v) is 19.4. The Bertz CT molecular complexity index is 1320. The summed E-state index contributed by atoms with van der Waals surface area (Å²) in [5.74, 6) is 0.575. The summed E-state index contributed by atoms with van der Waals surface area (Å²) in [4.78, 5) is 32.1. The lowest BCUT2D eigenvalue weighted by molar-refractivity contribution is -0.113. The standard InChI is InChI=1S/C23H23N5O2S2/c1-4-12-27-22(30)17-13-18(16-8-6-5-7-9-16)32-21(17)26-23(27)31-14-20(29)25-19-10-11-24-28(19)15(2)3/h4-11,13,15H,1,12,14H2,2-3H3,(H,25,29). The summed E-state index contributed by atoms with van der Waals surface area (Å²) in [6.07, 6.45) is 3.31. The van der Waals surface area contributed by atoms with Crippen molar-refractivity contribution in [3.8, 4) is 10.4 Å². The van der Waals surface area contributed by atoms with Crippen LogP contribution in [0.3, 0.4) is 0 Å². The van der Waals surface area contributed by atoms with Crippen LogP contribution in [0.15, 0.2) is 71.3 Å². The number of nitrogens with zero attached hydrogens (tertiary/aromatic N) is 4. The highest BCUT2D eigenvalue weighted by Gasteiger charge is 2.17. The molecule has 7 nitrogen and oxygen atoms in total. The zero-order chi connectivity index (χ0) is 22.7. The number of hydrogen-bond donors (Lipinski definition) is 1. The van der Waals surface area contributed by atoms with Gasteiger partial charge in [-0.1, -0.05) is 48.2 Å².